The highest BCUT2D eigenvalue weighted by molar-refractivity contribution is 7.90. The standard InChI is InChI=1S/C20H30N2O5S.C2HF3O2/c1-2-26-19-11-15(3-6-18(19)23)14-22-9-7-20(8-10-22)12-16(27-20)13-21-28(24,25)17-4-5-17;3-2(4,5)1(6)7/h3,6,11,16-17,21,23H,2,4-5,7-10,12-14H2,1H3;(H,6,7). The average Bonchev–Trinajstić information content (AvgIpc) is 3.60. The van der Waals surface area contributed by atoms with Gasteiger partial charge in [0, 0.05) is 32.6 Å². The Balaban J connectivity index is 0.000000429. The molecule has 1 atom stereocenters. The van der Waals surface area contributed by atoms with Crippen molar-refractivity contribution in [1.29, 1.82) is 0 Å². The van der Waals surface area contributed by atoms with Crippen molar-refractivity contribution >= 4 is 16.0 Å². The third-order valence-corrected chi connectivity index (χ3v) is 8.15. The highest BCUT2D eigenvalue weighted by Crippen LogP contribution is 2.41. The molecule has 2 saturated heterocycles. The number of rotatable bonds is 8. The highest BCUT2D eigenvalue weighted by Gasteiger charge is 2.47. The number of hydrogen-bond donors (Lipinski definition) is 3. The Bertz CT molecular complexity index is 983. The number of benzene rings is 1. The fourth-order valence-electron chi connectivity index (χ4n) is 4.20. The first-order chi connectivity index (χ1) is 16.3. The molecule has 1 spiro atoms. The van der Waals surface area contributed by atoms with Crippen LogP contribution in [0.15, 0.2) is 18.2 Å². The van der Waals surface area contributed by atoms with E-state index in [1.165, 1.54) is 0 Å². The van der Waals surface area contributed by atoms with E-state index >= 15 is 0 Å². The molecule has 0 aromatic heterocycles. The van der Waals surface area contributed by atoms with Crippen molar-refractivity contribution in [3.63, 3.8) is 0 Å². The second-order valence-electron chi connectivity index (χ2n) is 9.03. The van der Waals surface area contributed by atoms with E-state index in [9.17, 15) is 26.7 Å². The van der Waals surface area contributed by atoms with E-state index in [0.29, 0.717) is 18.9 Å². The number of likely N-dealkylation sites (tertiary alicyclic amines) is 1. The summed E-state index contributed by atoms with van der Waals surface area (Å²) in [7, 11) is -3.12. The maximum absolute atomic E-state index is 11.9. The van der Waals surface area contributed by atoms with E-state index in [4.69, 9.17) is 19.4 Å². The molecule has 3 N–H and O–H groups in total. The van der Waals surface area contributed by atoms with Crippen molar-refractivity contribution in [2.24, 2.45) is 0 Å². The Labute approximate surface area is 202 Å². The zero-order valence-corrected chi connectivity index (χ0v) is 20.2. The minimum atomic E-state index is -5.08. The SMILES string of the molecule is CCOc1cc(CN2CCC3(CC2)CC(CNS(=O)(=O)C2CC2)O3)ccc1O.O=C(O)C(F)(F)F. The van der Waals surface area contributed by atoms with Gasteiger partial charge in [-0.2, -0.15) is 13.2 Å². The number of nitrogens with zero attached hydrogens (tertiary/aromatic N) is 1. The Kier molecular flexibility index (Phi) is 8.56. The normalized spacial score (nSPS) is 22.1. The third-order valence-electron chi connectivity index (χ3n) is 6.23. The molecule has 1 aliphatic carbocycles. The summed E-state index contributed by atoms with van der Waals surface area (Å²) in [5.41, 5.74) is 1.05. The largest absolute Gasteiger partial charge is 0.504 e. The van der Waals surface area contributed by atoms with Gasteiger partial charge in [0.15, 0.2) is 11.5 Å². The number of sulfonamides is 1. The zero-order chi connectivity index (χ0) is 25.9. The van der Waals surface area contributed by atoms with Gasteiger partial charge in [0.05, 0.1) is 23.6 Å². The van der Waals surface area contributed by atoms with Crippen LogP contribution >= 0.6 is 0 Å². The lowest BCUT2D eigenvalue weighted by Crippen LogP contribution is -2.59. The Morgan fingerprint density at radius 3 is 2.40 bits per heavy atom. The van der Waals surface area contributed by atoms with Gasteiger partial charge in [-0.05, 0) is 50.3 Å². The van der Waals surface area contributed by atoms with Gasteiger partial charge in [-0.25, -0.2) is 17.9 Å². The lowest BCUT2D eigenvalue weighted by Gasteiger charge is -2.52. The molecule has 1 aromatic rings. The summed E-state index contributed by atoms with van der Waals surface area (Å²) in [4.78, 5) is 11.3. The zero-order valence-electron chi connectivity index (χ0n) is 19.4. The lowest BCUT2D eigenvalue weighted by molar-refractivity contribution is -0.222. The van der Waals surface area contributed by atoms with Gasteiger partial charge in [0.1, 0.15) is 0 Å². The summed E-state index contributed by atoms with van der Waals surface area (Å²) < 4.78 is 69.9. The van der Waals surface area contributed by atoms with Gasteiger partial charge >= 0.3 is 12.1 Å². The number of ether oxygens (including phenoxy) is 2. The Hall–Kier alpha value is -2.09. The van der Waals surface area contributed by atoms with Crippen LogP contribution in [-0.4, -0.2) is 78.9 Å². The molecule has 9 nitrogen and oxygen atoms in total. The Morgan fingerprint density at radius 1 is 1.29 bits per heavy atom. The summed E-state index contributed by atoms with van der Waals surface area (Å²) in [6, 6.07) is 5.53. The molecule has 198 valence electrons. The number of phenols is 1. The molecular formula is C22H31F3N2O7S. The maximum Gasteiger partial charge on any atom is 0.490 e. The predicted octanol–water partition coefficient (Wildman–Crippen LogP) is 2.63. The fraction of sp³-hybridized carbons (Fsp3) is 0.682. The van der Waals surface area contributed by atoms with Crippen LogP contribution in [0.4, 0.5) is 13.2 Å². The number of aliphatic carboxylic acids is 1. The summed E-state index contributed by atoms with van der Waals surface area (Å²) in [5, 5.41) is 16.8. The Morgan fingerprint density at radius 2 is 1.89 bits per heavy atom. The number of alkyl halides is 3. The monoisotopic (exact) mass is 524 g/mol. The van der Waals surface area contributed by atoms with Crippen molar-refractivity contribution in [1.82, 2.24) is 9.62 Å². The van der Waals surface area contributed by atoms with Gasteiger partial charge in [-0.1, -0.05) is 6.07 Å². The molecule has 0 radical (unpaired) electrons. The van der Waals surface area contributed by atoms with Crippen LogP contribution in [-0.2, 0) is 26.1 Å². The van der Waals surface area contributed by atoms with E-state index in [-0.39, 0.29) is 22.7 Å². The summed E-state index contributed by atoms with van der Waals surface area (Å²) in [6.45, 7) is 5.55. The van der Waals surface area contributed by atoms with Gasteiger partial charge in [-0.3, -0.25) is 4.90 Å². The van der Waals surface area contributed by atoms with E-state index in [1.807, 2.05) is 19.1 Å². The number of piperidine rings is 1. The molecule has 2 heterocycles. The van der Waals surface area contributed by atoms with Gasteiger partial charge in [-0.15, -0.1) is 0 Å². The lowest BCUT2D eigenvalue weighted by atomic mass is 9.80. The molecule has 1 aromatic carbocycles. The second-order valence-corrected chi connectivity index (χ2v) is 11.1. The first kappa shape index (κ1) is 27.5. The molecule has 3 aliphatic rings. The molecule has 1 unspecified atom stereocenters. The molecule has 2 aliphatic heterocycles. The summed E-state index contributed by atoms with van der Waals surface area (Å²) >= 11 is 0. The topological polar surface area (TPSA) is 125 Å². The molecule has 4 rings (SSSR count). The van der Waals surface area contributed by atoms with Crippen LogP contribution in [0.2, 0.25) is 0 Å². The number of carboxylic acid groups (broad SMARTS) is 1. The van der Waals surface area contributed by atoms with Crippen LogP contribution in [0.1, 0.15) is 44.6 Å². The molecular weight excluding hydrogens is 493 g/mol. The van der Waals surface area contributed by atoms with Crippen LogP contribution < -0.4 is 9.46 Å². The van der Waals surface area contributed by atoms with Crippen molar-refractivity contribution in [2.45, 2.75) is 68.7 Å². The maximum atomic E-state index is 11.9. The number of nitrogens with one attached hydrogen (secondary N) is 1. The van der Waals surface area contributed by atoms with E-state index in [1.54, 1.807) is 6.07 Å². The number of carbonyl (C=O) groups is 1. The first-order valence-corrected chi connectivity index (χ1v) is 13.0. The second kappa shape index (κ2) is 10.9. The minimum Gasteiger partial charge on any atom is -0.504 e. The smallest absolute Gasteiger partial charge is 0.490 e. The highest BCUT2D eigenvalue weighted by atomic mass is 32.2. The molecule has 0 bridgehead atoms. The summed E-state index contributed by atoms with van der Waals surface area (Å²) in [5.74, 6) is -2.05. The number of phenolic OH excluding ortho intramolecular Hbond substituents is 1. The number of carboxylic acids is 1. The van der Waals surface area contributed by atoms with Crippen molar-refractivity contribution in [3.05, 3.63) is 23.8 Å². The quantitative estimate of drug-likeness (QED) is 0.474. The molecule has 3 fully saturated rings. The molecule has 35 heavy (non-hydrogen) atoms. The van der Waals surface area contributed by atoms with Crippen LogP contribution in [0.3, 0.4) is 0 Å². The fourth-order valence-corrected chi connectivity index (χ4v) is 5.62. The summed E-state index contributed by atoms with van der Waals surface area (Å²) in [6.07, 6.45) is -0.640. The van der Waals surface area contributed by atoms with Crippen LogP contribution in [0.5, 0.6) is 11.5 Å². The van der Waals surface area contributed by atoms with E-state index < -0.39 is 22.2 Å². The van der Waals surface area contributed by atoms with Gasteiger partial charge < -0.3 is 19.7 Å². The van der Waals surface area contributed by atoms with Crippen molar-refractivity contribution in [2.75, 3.05) is 26.2 Å². The average molecular weight is 525 g/mol. The number of halogens is 3. The minimum absolute atomic E-state index is 0.00549. The van der Waals surface area contributed by atoms with Crippen LogP contribution in [0, 0.1) is 0 Å². The van der Waals surface area contributed by atoms with E-state index in [2.05, 4.69) is 9.62 Å². The molecule has 0 amide bonds. The number of aromatic hydroxyl groups is 1. The predicted molar refractivity (Wildman–Crippen MR) is 120 cm³/mol. The van der Waals surface area contributed by atoms with E-state index in [0.717, 1.165) is 57.3 Å². The first-order valence-electron chi connectivity index (χ1n) is 11.5. The van der Waals surface area contributed by atoms with Crippen molar-refractivity contribution < 1.29 is 46.1 Å². The van der Waals surface area contributed by atoms with Gasteiger partial charge in [0.25, 0.3) is 0 Å². The van der Waals surface area contributed by atoms with Crippen LogP contribution in [0.25, 0.3) is 0 Å². The molecule has 13 heteroatoms. The van der Waals surface area contributed by atoms with Crippen molar-refractivity contribution in [3.8, 4) is 11.5 Å². The molecule has 1 saturated carbocycles. The number of hydrogen-bond acceptors (Lipinski definition) is 7. The third kappa shape index (κ3) is 7.69. The van der Waals surface area contributed by atoms with Gasteiger partial charge in [0.2, 0.25) is 10.0 Å².